The van der Waals surface area contributed by atoms with Gasteiger partial charge < -0.3 is 28.8 Å². The van der Waals surface area contributed by atoms with Gasteiger partial charge in [0.15, 0.2) is 0 Å². The van der Waals surface area contributed by atoms with Gasteiger partial charge in [-0.2, -0.15) is 0 Å². The minimum absolute atomic E-state index is 0.00727. The summed E-state index contributed by atoms with van der Waals surface area (Å²) in [6.45, 7) is 4.25. The first-order chi connectivity index (χ1) is 23.0. The van der Waals surface area contributed by atoms with Crippen LogP contribution in [0.5, 0.6) is 0 Å². The number of rotatable bonds is 35. The zero-order chi connectivity index (χ0) is 35.8. The number of nitrogens with zero attached hydrogens (tertiary/aromatic N) is 1. The quantitative estimate of drug-likeness (QED) is 0.0295. The topological polar surface area (TPSA) is 108 Å². The normalized spacial score (nSPS) is 14.9. The van der Waals surface area contributed by atoms with E-state index in [1.807, 2.05) is 34.1 Å². The molecule has 0 aromatic rings. The van der Waals surface area contributed by atoms with Crippen molar-refractivity contribution in [3.63, 3.8) is 0 Å². The lowest BCUT2D eigenvalue weighted by Crippen LogP contribution is -2.45. The SMILES string of the molecule is CCCCCCCCCCCCCCCCCCCCC/C=C/CC/C=C/C(O)C(COP(=O)([O-])OCC[N+](C)(C)C)NC(=O)CCC. The van der Waals surface area contributed by atoms with Gasteiger partial charge in [0.25, 0.3) is 7.82 Å². The molecule has 0 saturated heterocycles. The predicted molar refractivity (Wildman–Crippen MR) is 201 cm³/mol. The van der Waals surface area contributed by atoms with Crippen molar-refractivity contribution in [1.29, 1.82) is 0 Å². The third-order valence-corrected chi connectivity index (χ3v) is 9.60. The molecule has 0 rings (SSSR count). The van der Waals surface area contributed by atoms with Crippen molar-refractivity contribution in [2.45, 2.75) is 180 Å². The maximum Gasteiger partial charge on any atom is 0.268 e. The summed E-state index contributed by atoms with van der Waals surface area (Å²) >= 11 is 0. The van der Waals surface area contributed by atoms with Gasteiger partial charge in [-0.15, -0.1) is 0 Å². The number of hydrogen-bond donors (Lipinski definition) is 2. The van der Waals surface area contributed by atoms with Gasteiger partial charge in [-0.3, -0.25) is 9.36 Å². The lowest BCUT2D eigenvalue weighted by Gasteiger charge is -2.29. The van der Waals surface area contributed by atoms with Gasteiger partial charge in [0.1, 0.15) is 13.2 Å². The Morgan fingerprint density at radius 2 is 1.17 bits per heavy atom. The van der Waals surface area contributed by atoms with Gasteiger partial charge in [0.2, 0.25) is 5.91 Å². The largest absolute Gasteiger partial charge is 0.756 e. The molecule has 3 unspecified atom stereocenters. The van der Waals surface area contributed by atoms with Gasteiger partial charge in [0.05, 0.1) is 39.9 Å². The number of unbranched alkanes of at least 4 members (excludes halogenated alkanes) is 20. The van der Waals surface area contributed by atoms with E-state index in [1.165, 1.54) is 122 Å². The van der Waals surface area contributed by atoms with Crippen LogP contribution in [-0.2, 0) is 18.4 Å². The Morgan fingerprint density at radius 1 is 0.708 bits per heavy atom. The van der Waals surface area contributed by atoms with Crippen molar-refractivity contribution in [2.24, 2.45) is 0 Å². The number of allylic oxidation sites excluding steroid dienone is 3. The van der Waals surface area contributed by atoms with Gasteiger partial charge in [-0.25, -0.2) is 0 Å². The number of quaternary nitrogens is 1. The van der Waals surface area contributed by atoms with Crippen LogP contribution in [0.15, 0.2) is 24.3 Å². The maximum absolute atomic E-state index is 12.2. The maximum atomic E-state index is 12.2. The highest BCUT2D eigenvalue weighted by atomic mass is 31.2. The third kappa shape index (κ3) is 33.5. The highest BCUT2D eigenvalue weighted by Crippen LogP contribution is 2.38. The second-order valence-corrected chi connectivity index (χ2v) is 16.0. The van der Waals surface area contributed by atoms with Crippen molar-refractivity contribution >= 4 is 13.7 Å². The number of aliphatic hydroxyl groups excluding tert-OH is 1. The van der Waals surface area contributed by atoms with E-state index in [0.29, 0.717) is 17.4 Å². The summed E-state index contributed by atoms with van der Waals surface area (Å²) in [6.07, 6.45) is 36.9. The zero-order valence-corrected chi connectivity index (χ0v) is 32.8. The second kappa shape index (κ2) is 31.9. The molecule has 0 aliphatic carbocycles. The number of amides is 1. The van der Waals surface area contributed by atoms with Crippen LogP contribution in [-0.4, -0.2) is 68.5 Å². The number of likely N-dealkylation sites (N-methyl/N-ethyl adjacent to an activating group) is 1. The lowest BCUT2D eigenvalue weighted by atomic mass is 10.0. The lowest BCUT2D eigenvalue weighted by molar-refractivity contribution is -0.870. The van der Waals surface area contributed by atoms with Crippen molar-refractivity contribution in [3.05, 3.63) is 24.3 Å². The number of hydrogen-bond acceptors (Lipinski definition) is 6. The van der Waals surface area contributed by atoms with Gasteiger partial charge in [-0.1, -0.05) is 154 Å². The van der Waals surface area contributed by atoms with Crippen LogP contribution in [0.2, 0.25) is 0 Å². The standard InChI is InChI=1S/C39H77N2O6P/c1-6-8-9-10-11-12-13-14-15-16-17-18-19-20-21-22-23-24-25-26-27-28-29-30-31-33-38(42)37(40-39(43)32-7-2)36-47-48(44,45)46-35-34-41(3,4)5/h27-28,31,33,37-38,42H,6-26,29-30,32,34-36H2,1-5H3,(H-,40,43,44,45)/b28-27+,33-31+. The van der Waals surface area contributed by atoms with Gasteiger partial charge in [-0.05, 0) is 32.1 Å². The summed E-state index contributed by atoms with van der Waals surface area (Å²) in [7, 11) is 1.24. The summed E-state index contributed by atoms with van der Waals surface area (Å²) in [5, 5.41) is 13.3. The molecule has 0 radical (unpaired) electrons. The smallest absolute Gasteiger partial charge is 0.268 e. The minimum atomic E-state index is -4.56. The second-order valence-electron chi connectivity index (χ2n) is 14.6. The number of carbonyl (C=O) groups excluding carboxylic acids is 1. The molecule has 0 bridgehead atoms. The van der Waals surface area contributed by atoms with E-state index in [0.717, 1.165) is 19.3 Å². The van der Waals surface area contributed by atoms with E-state index < -0.39 is 26.6 Å². The van der Waals surface area contributed by atoms with E-state index >= 15 is 0 Å². The average Bonchev–Trinajstić information content (AvgIpc) is 3.02. The zero-order valence-electron chi connectivity index (χ0n) is 31.9. The summed E-state index contributed by atoms with van der Waals surface area (Å²) in [6, 6.07) is -0.894. The Morgan fingerprint density at radius 3 is 1.65 bits per heavy atom. The molecule has 8 nitrogen and oxygen atoms in total. The molecule has 0 aromatic heterocycles. The van der Waals surface area contributed by atoms with E-state index in [1.54, 1.807) is 6.08 Å². The van der Waals surface area contributed by atoms with Crippen LogP contribution in [0.25, 0.3) is 0 Å². The first-order valence-electron chi connectivity index (χ1n) is 19.7. The monoisotopic (exact) mass is 701 g/mol. The fourth-order valence-corrected chi connectivity index (χ4v) is 6.23. The molecule has 2 N–H and O–H groups in total. The van der Waals surface area contributed by atoms with E-state index in [9.17, 15) is 19.4 Å². The Labute approximate surface area is 296 Å². The van der Waals surface area contributed by atoms with Crippen molar-refractivity contribution < 1.29 is 32.9 Å². The molecular weight excluding hydrogens is 623 g/mol. The highest BCUT2D eigenvalue weighted by Gasteiger charge is 2.22. The first kappa shape index (κ1) is 47.0. The number of aliphatic hydroxyl groups is 1. The molecule has 284 valence electrons. The Bertz CT molecular complexity index is 845. The number of phosphoric ester groups is 1. The molecule has 9 heteroatoms. The third-order valence-electron chi connectivity index (χ3n) is 8.63. The van der Waals surface area contributed by atoms with Crippen LogP contribution >= 0.6 is 7.82 Å². The van der Waals surface area contributed by atoms with E-state index in [4.69, 9.17) is 9.05 Å². The molecule has 0 heterocycles. The number of carbonyl (C=O) groups is 1. The summed E-state index contributed by atoms with van der Waals surface area (Å²) < 4.78 is 22.7. The van der Waals surface area contributed by atoms with Crippen LogP contribution in [0.3, 0.4) is 0 Å². The first-order valence-corrected chi connectivity index (χ1v) is 21.2. The number of phosphoric acid groups is 1. The molecule has 48 heavy (non-hydrogen) atoms. The fraction of sp³-hybridized carbons (Fsp3) is 0.872. The molecule has 1 amide bonds. The number of nitrogens with one attached hydrogen (secondary N) is 1. The molecular formula is C39H77N2O6P. The molecule has 3 atom stereocenters. The van der Waals surface area contributed by atoms with E-state index in [2.05, 4.69) is 24.4 Å². The van der Waals surface area contributed by atoms with Crippen molar-refractivity contribution in [3.8, 4) is 0 Å². The fourth-order valence-electron chi connectivity index (χ4n) is 5.51. The summed E-state index contributed by atoms with van der Waals surface area (Å²) in [5.74, 6) is -0.261. The molecule has 0 fully saturated rings. The Kier molecular flexibility index (Phi) is 31.2. The summed E-state index contributed by atoms with van der Waals surface area (Å²) in [4.78, 5) is 24.4. The molecule has 0 aliphatic heterocycles. The Balaban J connectivity index is 3.93. The molecule has 0 spiro atoms. The Hall–Kier alpha value is -1.02. The average molecular weight is 701 g/mol. The van der Waals surface area contributed by atoms with Crippen molar-refractivity contribution in [1.82, 2.24) is 5.32 Å². The van der Waals surface area contributed by atoms with Crippen molar-refractivity contribution in [2.75, 3.05) is 40.9 Å². The highest BCUT2D eigenvalue weighted by molar-refractivity contribution is 7.45. The van der Waals surface area contributed by atoms with E-state index in [-0.39, 0.29) is 18.9 Å². The molecule has 0 aliphatic rings. The van der Waals surface area contributed by atoms with Crippen LogP contribution in [0.4, 0.5) is 0 Å². The summed E-state index contributed by atoms with van der Waals surface area (Å²) in [5.41, 5.74) is 0. The molecule has 0 saturated carbocycles. The van der Waals surface area contributed by atoms with Crippen LogP contribution in [0.1, 0.15) is 168 Å². The van der Waals surface area contributed by atoms with Gasteiger partial charge in [0, 0.05) is 6.42 Å². The van der Waals surface area contributed by atoms with Gasteiger partial charge >= 0.3 is 0 Å². The minimum Gasteiger partial charge on any atom is -0.756 e. The van der Waals surface area contributed by atoms with Crippen LogP contribution in [0, 0.1) is 0 Å². The van der Waals surface area contributed by atoms with Crippen LogP contribution < -0.4 is 10.2 Å². The predicted octanol–water partition coefficient (Wildman–Crippen LogP) is 9.55. The molecule has 0 aromatic carbocycles.